The largest absolute Gasteiger partial charge is 0.493 e. The molecule has 0 radical (unpaired) electrons. The highest BCUT2D eigenvalue weighted by Gasteiger charge is 2.42. The van der Waals surface area contributed by atoms with Gasteiger partial charge in [-0.25, -0.2) is 13.6 Å². The zero-order chi connectivity index (χ0) is 13.3. The van der Waals surface area contributed by atoms with Gasteiger partial charge in [-0.05, 0) is 41.3 Å². The van der Waals surface area contributed by atoms with Crippen molar-refractivity contribution in [2.45, 2.75) is 24.8 Å². The fourth-order valence-corrected chi connectivity index (χ4v) is 2.46. The molecule has 0 N–H and O–H groups in total. The molecule has 1 aliphatic rings. The Bertz CT molecular complexity index is 537. The van der Waals surface area contributed by atoms with Gasteiger partial charge in [0.2, 0.25) is 6.08 Å². The summed E-state index contributed by atoms with van der Waals surface area (Å²) in [7, 11) is 1.29. The smallest absolute Gasteiger partial charge is 0.235 e. The molecule has 0 saturated heterocycles. The van der Waals surface area contributed by atoms with Gasteiger partial charge in [-0.15, -0.1) is 0 Å². The van der Waals surface area contributed by atoms with Crippen molar-refractivity contribution < 1.29 is 18.3 Å². The van der Waals surface area contributed by atoms with Crippen molar-refractivity contribution in [2.75, 3.05) is 7.11 Å². The molecule has 1 saturated carbocycles. The molecular formula is C12H10BrF2NO2. The van der Waals surface area contributed by atoms with Gasteiger partial charge in [-0.3, -0.25) is 0 Å². The van der Waals surface area contributed by atoms with Crippen LogP contribution in [0.1, 0.15) is 24.8 Å². The van der Waals surface area contributed by atoms with Crippen LogP contribution >= 0.6 is 15.9 Å². The van der Waals surface area contributed by atoms with Crippen molar-refractivity contribution in [3.8, 4) is 5.75 Å². The summed E-state index contributed by atoms with van der Waals surface area (Å²) in [4.78, 5) is 14.2. The minimum absolute atomic E-state index is 0.0815. The highest BCUT2D eigenvalue weighted by atomic mass is 79.9. The van der Waals surface area contributed by atoms with Crippen molar-refractivity contribution in [1.82, 2.24) is 0 Å². The van der Waals surface area contributed by atoms with Gasteiger partial charge in [0.15, 0.2) is 11.6 Å². The number of nitrogens with zero attached hydrogens (tertiary/aromatic N) is 1. The zero-order valence-corrected chi connectivity index (χ0v) is 11.2. The molecule has 96 valence electrons. The molecule has 0 unspecified atom stereocenters. The number of ether oxygens (including phenoxy) is 1. The standard InChI is InChI=1S/C12H10BrF2NO2/c1-18-11-7(5-8(14)9(13)10(11)15)12(16-6-17)3-2-4-12/h5H,2-4H2,1H3. The van der Waals surface area contributed by atoms with Gasteiger partial charge in [-0.2, -0.15) is 4.99 Å². The van der Waals surface area contributed by atoms with Crippen molar-refractivity contribution in [3.63, 3.8) is 0 Å². The normalized spacial score (nSPS) is 16.7. The molecule has 2 rings (SSSR count). The molecule has 18 heavy (non-hydrogen) atoms. The average Bonchev–Trinajstić information content (AvgIpc) is 2.30. The molecule has 1 aliphatic carbocycles. The topological polar surface area (TPSA) is 38.7 Å². The minimum atomic E-state index is -0.893. The number of rotatable bonds is 3. The maximum Gasteiger partial charge on any atom is 0.235 e. The molecule has 0 heterocycles. The number of halogens is 3. The molecule has 0 amide bonds. The monoisotopic (exact) mass is 317 g/mol. The van der Waals surface area contributed by atoms with E-state index in [1.165, 1.54) is 13.2 Å². The third kappa shape index (κ3) is 1.85. The molecule has 0 spiro atoms. The number of hydrogen-bond acceptors (Lipinski definition) is 3. The maximum atomic E-state index is 13.9. The Hall–Kier alpha value is -1.26. The first-order valence-electron chi connectivity index (χ1n) is 5.37. The SMILES string of the molecule is COc1c(C2(N=C=O)CCC2)cc(F)c(Br)c1F. The van der Waals surface area contributed by atoms with Crippen molar-refractivity contribution in [2.24, 2.45) is 4.99 Å². The van der Waals surface area contributed by atoms with E-state index in [1.54, 1.807) is 0 Å². The first kappa shape index (κ1) is 13.2. The summed E-state index contributed by atoms with van der Waals surface area (Å²) >= 11 is 2.81. The number of benzene rings is 1. The molecule has 1 aromatic carbocycles. The Morgan fingerprint density at radius 3 is 2.61 bits per heavy atom. The third-order valence-corrected chi connectivity index (χ3v) is 3.99. The van der Waals surface area contributed by atoms with Crippen molar-refractivity contribution in [3.05, 3.63) is 27.7 Å². The number of isocyanates is 1. The highest BCUT2D eigenvalue weighted by molar-refractivity contribution is 9.10. The lowest BCUT2D eigenvalue weighted by atomic mass is 9.72. The molecule has 1 aromatic rings. The Morgan fingerprint density at radius 1 is 1.50 bits per heavy atom. The van der Waals surface area contributed by atoms with Crippen LogP contribution in [-0.4, -0.2) is 13.2 Å². The molecule has 3 nitrogen and oxygen atoms in total. The second kappa shape index (κ2) is 4.78. The lowest BCUT2D eigenvalue weighted by Crippen LogP contribution is -2.32. The fraction of sp³-hybridized carbons (Fsp3) is 0.417. The van der Waals surface area contributed by atoms with E-state index < -0.39 is 17.2 Å². The Balaban J connectivity index is 2.67. The van der Waals surface area contributed by atoms with E-state index >= 15 is 0 Å². The van der Waals surface area contributed by atoms with Crippen LogP contribution in [0.25, 0.3) is 0 Å². The van der Waals surface area contributed by atoms with E-state index in [-0.39, 0.29) is 15.8 Å². The van der Waals surface area contributed by atoms with Crippen LogP contribution in [0.3, 0.4) is 0 Å². The van der Waals surface area contributed by atoms with E-state index in [2.05, 4.69) is 20.9 Å². The van der Waals surface area contributed by atoms with Crippen LogP contribution in [0.15, 0.2) is 15.5 Å². The van der Waals surface area contributed by atoms with E-state index in [0.29, 0.717) is 12.8 Å². The van der Waals surface area contributed by atoms with Gasteiger partial charge in [0.05, 0.1) is 11.6 Å². The molecule has 0 bridgehead atoms. The Labute approximate surface area is 111 Å². The summed E-state index contributed by atoms with van der Waals surface area (Å²) in [5, 5.41) is 0. The summed E-state index contributed by atoms with van der Waals surface area (Å²) in [6.07, 6.45) is 3.43. The molecule has 6 heteroatoms. The number of hydrogen-bond donors (Lipinski definition) is 0. The van der Waals surface area contributed by atoms with E-state index in [9.17, 15) is 13.6 Å². The van der Waals surface area contributed by atoms with Crippen LogP contribution in [0.5, 0.6) is 5.75 Å². The Kier molecular flexibility index (Phi) is 3.50. The second-order valence-electron chi connectivity index (χ2n) is 4.16. The Morgan fingerprint density at radius 2 is 2.17 bits per heavy atom. The van der Waals surface area contributed by atoms with Gasteiger partial charge in [0, 0.05) is 5.56 Å². The molecule has 0 atom stereocenters. The van der Waals surface area contributed by atoms with E-state index in [0.717, 1.165) is 12.5 Å². The molecular weight excluding hydrogens is 308 g/mol. The number of carbonyl (C=O) groups excluding carboxylic acids is 1. The predicted octanol–water partition coefficient (Wildman–Crippen LogP) is 3.45. The number of aliphatic imine (C=N–C) groups is 1. The first-order valence-corrected chi connectivity index (χ1v) is 6.16. The van der Waals surface area contributed by atoms with Crippen LogP contribution in [0.2, 0.25) is 0 Å². The van der Waals surface area contributed by atoms with E-state index in [4.69, 9.17) is 4.74 Å². The van der Waals surface area contributed by atoms with Gasteiger partial charge in [0.1, 0.15) is 11.4 Å². The lowest BCUT2D eigenvalue weighted by Gasteiger charge is -2.38. The summed E-state index contributed by atoms with van der Waals surface area (Å²) in [6, 6.07) is 1.16. The molecule has 0 aromatic heterocycles. The van der Waals surface area contributed by atoms with Crippen LogP contribution in [-0.2, 0) is 10.3 Å². The van der Waals surface area contributed by atoms with Gasteiger partial charge >= 0.3 is 0 Å². The van der Waals surface area contributed by atoms with Gasteiger partial charge < -0.3 is 4.74 Å². The molecule has 1 fully saturated rings. The van der Waals surface area contributed by atoms with Crippen LogP contribution in [0.4, 0.5) is 8.78 Å². The van der Waals surface area contributed by atoms with Crippen LogP contribution in [0, 0.1) is 11.6 Å². The van der Waals surface area contributed by atoms with Crippen molar-refractivity contribution in [1.29, 1.82) is 0 Å². The first-order chi connectivity index (χ1) is 8.55. The van der Waals surface area contributed by atoms with Crippen LogP contribution < -0.4 is 4.74 Å². The lowest BCUT2D eigenvalue weighted by molar-refractivity contribution is 0.241. The fourth-order valence-electron chi connectivity index (χ4n) is 2.16. The minimum Gasteiger partial charge on any atom is -0.493 e. The quantitative estimate of drug-likeness (QED) is 0.486. The van der Waals surface area contributed by atoms with E-state index in [1.807, 2.05) is 0 Å². The highest BCUT2D eigenvalue weighted by Crippen LogP contribution is 2.49. The number of methoxy groups -OCH3 is 1. The summed E-state index contributed by atoms with van der Waals surface area (Å²) in [6.45, 7) is 0. The van der Waals surface area contributed by atoms with Gasteiger partial charge in [-0.1, -0.05) is 0 Å². The van der Waals surface area contributed by atoms with Gasteiger partial charge in [0.25, 0.3) is 0 Å². The van der Waals surface area contributed by atoms with Crippen molar-refractivity contribution >= 4 is 22.0 Å². The third-order valence-electron chi connectivity index (χ3n) is 3.26. The average molecular weight is 318 g/mol. The predicted molar refractivity (Wildman–Crippen MR) is 64.3 cm³/mol. The summed E-state index contributed by atoms with van der Waals surface area (Å²) < 4.78 is 32.2. The maximum absolute atomic E-state index is 13.9. The summed E-state index contributed by atoms with van der Waals surface area (Å²) in [5.74, 6) is -1.64. The molecule has 0 aliphatic heterocycles. The second-order valence-corrected chi connectivity index (χ2v) is 4.95. The summed E-state index contributed by atoms with van der Waals surface area (Å²) in [5.41, 5.74) is -0.632. The zero-order valence-electron chi connectivity index (χ0n) is 9.60.